The summed E-state index contributed by atoms with van der Waals surface area (Å²) in [6, 6.07) is 6.32. The molecule has 18 heavy (non-hydrogen) atoms. The van der Waals surface area contributed by atoms with Crippen LogP contribution in [0.4, 0.5) is 0 Å². The van der Waals surface area contributed by atoms with E-state index in [1.807, 2.05) is 6.07 Å². The van der Waals surface area contributed by atoms with Crippen LogP contribution in [-0.2, 0) is 0 Å². The van der Waals surface area contributed by atoms with Crippen LogP contribution in [0.1, 0.15) is 23.0 Å². The fourth-order valence-electron chi connectivity index (χ4n) is 4.06. The van der Waals surface area contributed by atoms with Crippen molar-refractivity contribution in [2.75, 3.05) is 7.11 Å². The van der Waals surface area contributed by atoms with Crippen molar-refractivity contribution in [3.8, 4) is 5.75 Å². The number of hydrogen-bond donors (Lipinski definition) is 0. The van der Waals surface area contributed by atoms with Gasteiger partial charge in [-0.25, -0.2) is 0 Å². The molecule has 1 nitrogen and oxygen atoms in total. The highest BCUT2D eigenvalue weighted by Gasteiger charge is 2.59. The molecule has 4 aliphatic rings. The van der Waals surface area contributed by atoms with Crippen molar-refractivity contribution in [2.45, 2.75) is 22.6 Å². The Bertz CT molecular complexity index is 539. The van der Waals surface area contributed by atoms with Crippen LogP contribution in [0.25, 0.3) is 0 Å². The zero-order chi connectivity index (χ0) is 12.4. The van der Waals surface area contributed by atoms with Gasteiger partial charge in [-0.15, -0.1) is 23.2 Å². The van der Waals surface area contributed by atoms with Gasteiger partial charge in [0.05, 0.1) is 17.9 Å². The second-order valence-corrected chi connectivity index (χ2v) is 6.45. The van der Waals surface area contributed by atoms with Crippen LogP contribution in [0.5, 0.6) is 5.75 Å². The lowest BCUT2D eigenvalue weighted by Crippen LogP contribution is -2.57. The lowest BCUT2D eigenvalue weighted by molar-refractivity contribution is 0.128. The molecule has 5 rings (SSSR count). The maximum Gasteiger partial charge on any atom is 0.122 e. The average molecular weight is 281 g/mol. The van der Waals surface area contributed by atoms with Crippen LogP contribution in [0.2, 0.25) is 0 Å². The van der Waals surface area contributed by atoms with Gasteiger partial charge in [0.15, 0.2) is 0 Å². The molecule has 3 heteroatoms. The summed E-state index contributed by atoms with van der Waals surface area (Å²) in [6.07, 6.45) is 4.61. The number of allylic oxidation sites excluding steroid dienone is 2. The third-order valence-electron chi connectivity index (χ3n) is 4.85. The van der Waals surface area contributed by atoms with Crippen molar-refractivity contribution in [3.05, 3.63) is 41.5 Å². The second kappa shape index (κ2) is 3.68. The van der Waals surface area contributed by atoms with Crippen molar-refractivity contribution in [3.63, 3.8) is 0 Å². The summed E-state index contributed by atoms with van der Waals surface area (Å²) in [4.78, 5) is 0. The molecule has 2 bridgehead atoms. The van der Waals surface area contributed by atoms with Crippen molar-refractivity contribution in [1.29, 1.82) is 0 Å². The van der Waals surface area contributed by atoms with Gasteiger partial charge >= 0.3 is 0 Å². The number of halogens is 2. The zero-order valence-corrected chi connectivity index (χ0v) is 11.5. The van der Waals surface area contributed by atoms with Gasteiger partial charge in [-0.1, -0.05) is 24.3 Å². The van der Waals surface area contributed by atoms with Gasteiger partial charge < -0.3 is 4.74 Å². The van der Waals surface area contributed by atoms with Crippen LogP contribution in [-0.4, -0.2) is 17.9 Å². The Hall–Kier alpha value is -0.660. The lowest BCUT2D eigenvalue weighted by atomic mass is 9.51. The largest absolute Gasteiger partial charge is 0.496 e. The second-order valence-electron chi connectivity index (χ2n) is 5.44. The number of ether oxygens (including phenoxy) is 1. The molecule has 4 aliphatic carbocycles. The molecular formula is C15H14Cl2O. The maximum absolute atomic E-state index is 6.42. The molecule has 0 aliphatic heterocycles. The molecule has 0 spiro atoms. The normalized spacial score (nSPS) is 43.1. The van der Waals surface area contributed by atoms with E-state index in [9.17, 15) is 0 Å². The Kier molecular flexibility index (Phi) is 2.29. The van der Waals surface area contributed by atoms with E-state index in [2.05, 4.69) is 24.3 Å². The Morgan fingerprint density at radius 1 is 1.00 bits per heavy atom. The summed E-state index contributed by atoms with van der Waals surface area (Å²) in [7, 11) is 1.74. The first-order valence-electron chi connectivity index (χ1n) is 6.37. The Balaban J connectivity index is 1.91. The smallest absolute Gasteiger partial charge is 0.122 e. The van der Waals surface area contributed by atoms with Gasteiger partial charge in [0.25, 0.3) is 0 Å². The first-order valence-corrected chi connectivity index (χ1v) is 7.24. The van der Waals surface area contributed by atoms with Gasteiger partial charge in [0.1, 0.15) is 5.75 Å². The Morgan fingerprint density at radius 2 is 1.67 bits per heavy atom. The van der Waals surface area contributed by atoms with E-state index < -0.39 is 0 Å². The van der Waals surface area contributed by atoms with Crippen LogP contribution in [0.15, 0.2) is 30.4 Å². The van der Waals surface area contributed by atoms with Crippen molar-refractivity contribution in [1.82, 2.24) is 0 Å². The third kappa shape index (κ3) is 1.15. The molecule has 0 radical (unpaired) electrons. The van der Waals surface area contributed by atoms with Crippen LogP contribution in [0, 0.1) is 11.8 Å². The van der Waals surface area contributed by atoms with Gasteiger partial charge in [-0.2, -0.15) is 0 Å². The highest BCUT2D eigenvalue weighted by atomic mass is 35.5. The molecule has 0 amide bonds. The summed E-state index contributed by atoms with van der Waals surface area (Å²) in [6.45, 7) is 0. The molecule has 0 saturated heterocycles. The fourth-order valence-corrected chi connectivity index (χ4v) is 5.05. The van der Waals surface area contributed by atoms with E-state index >= 15 is 0 Å². The van der Waals surface area contributed by atoms with E-state index in [1.165, 1.54) is 11.1 Å². The maximum atomic E-state index is 6.42. The van der Waals surface area contributed by atoms with Gasteiger partial charge in [0.2, 0.25) is 0 Å². The molecule has 0 unspecified atom stereocenters. The number of benzene rings is 1. The third-order valence-corrected chi connectivity index (χ3v) is 6.11. The Labute approximate surface area is 117 Å². The predicted molar refractivity (Wildman–Crippen MR) is 73.9 cm³/mol. The van der Waals surface area contributed by atoms with E-state index in [-0.39, 0.29) is 10.8 Å². The summed E-state index contributed by atoms with van der Waals surface area (Å²) in [5, 5.41) is 0.195. The molecule has 94 valence electrons. The summed E-state index contributed by atoms with van der Waals surface area (Å²) < 4.78 is 5.53. The van der Waals surface area contributed by atoms with Gasteiger partial charge in [-0.3, -0.25) is 0 Å². The van der Waals surface area contributed by atoms with Crippen LogP contribution >= 0.6 is 23.2 Å². The van der Waals surface area contributed by atoms with E-state index in [4.69, 9.17) is 27.9 Å². The molecule has 6 atom stereocenters. The fraction of sp³-hybridized carbons (Fsp3) is 0.467. The van der Waals surface area contributed by atoms with Gasteiger partial charge in [0, 0.05) is 17.4 Å². The lowest BCUT2D eigenvalue weighted by Gasteiger charge is -2.58. The Morgan fingerprint density at radius 3 is 2.39 bits per heavy atom. The number of methoxy groups -OCH3 is 1. The van der Waals surface area contributed by atoms with Crippen LogP contribution in [0.3, 0.4) is 0 Å². The number of rotatable bonds is 1. The first-order chi connectivity index (χ1) is 8.74. The summed E-state index contributed by atoms with van der Waals surface area (Å²) >= 11 is 12.8. The summed E-state index contributed by atoms with van der Waals surface area (Å²) in [5.41, 5.74) is 2.72. The topological polar surface area (TPSA) is 9.23 Å². The molecule has 1 fully saturated rings. The summed E-state index contributed by atoms with van der Waals surface area (Å²) in [5.74, 6) is 2.77. The molecule has 1 aromatic rings. The highest BCUT2D eigenvalue weighted by molar-refractivity contribution is 6.31. The minimum absolute atomic E-state index is 0.0900. The predicted octanol–water partition coefficient (Wildman–Crippen LogP) is 3.91. The standard InChI is InChI=1S/C15H14Cl2O/c1-18-10-4-2-3-7-8-5-6-9(11(7)10)13-12(8)14(16)15(13)17/h2-6,8-9,12-15H,1H3/t8-,9+,12-,13-,14-,15+/m1/s1. The molecule has 0 heterocycles. The molecular weight excluding hydrogens is 267 g/mol. The van der Waals surface area contributed by atoms with Crippen molar-refractivity contribution >= 4 is 23.2 Å². The molecule has 1 aromatic carbocycles. The minimum atomic E-state index is 0.0900. The molecule has 0 N–H and O–H groups in total. The highest BCUT2D eigenvalue weighted by Crippen LogP contribution is 2.64. The van der Waals surface area contributed by atoms with Gasteiger partial charge in [-0.05, 0) is 23.5 Å². The first kappa shape index (κ1) is 11.2. The van der Waals surface area contributed by atoms with E-state index in [1.54, 1.807) is 7.11 Å². The molecule has 1 saturated carbocycles. The van der Waals surface area contributed by atoms with Crippen molar-refractivity contribution in [2.24, 2.45) is 11.8 Å². The number of hydrogen-bond acceptors (Lipinski definition) is 1. The monoisotopic (exact) mass is 280 g/mol. The van der Waals surface area contributed by atoms with Crippen molar-refractivity contribution < 1.29 is 4.74 Å². The van der Waals surface area contributed by atoms with E-state index in [0.29, 0.717) is 23.7 Å². The van der Waals surface area contributed by atoms with Crippen LogP contribution < -0.4 is 4.74 Å². The zero-order valence-electron chi connectivity index (χ0n) is 10.0. The minimum Gasteiger partial charge on any atom is -0.496 e. The van der Waals surface area contributed by atoms with E-state index in [0.717, 1.165) is 5.75 Å². The number of alkyl halides is 2. The molecule has 0 aromatic heterocycles. The SMILES string of the molecule is COc1cccc2c1[C@@H]1C=C[C@H]2[C@H]2[C@@H](Cl)[C@@H](Cl)[C@@H]21. The average Bonchev–Trinajstić information content (AvgIpc) is 2.45. The quantitative estimate of drug-likeness (QED) is 0.560.